The lowest BCUT2D eigenvalue weighted by Gasteiger charge is -2.20. The Hall–Kier alpha value is -2.15. The Labute approximate surface area is 173 Å². The van der Waals surface area contributed by atoms with Crippen LogP contribution in [-0.2, 0) is 11.3 Å². The van der Waals surface area contributed by atoms with Crippen molar-refractivity contribution in [2.75, 3.05) is 31.7 Å². The fraction of sp³-hybridized carbons (Fsp3) is 0.333. The number of hydrogen-bond acceptors (Lipinski definition) is 4. The molecule has 0 saturated heterocycles. The number of anilines is 1. The molecule has 0 N–H and O–H groups in total. The van der Waals surface area contributed by atoms with E-state index in [1.54, 1.807) is 7.11 Å². The molecule has 0 atom stereocenters. The monoisotopic (exact) mass is 417 g/mol. The maximum atomic E-state index is 12.8. The summed E-state index contributed by atoms with van der Waals surface area (Å²) in [6, 6.07) is 13.3. The molecule has 0 saturated carbocycles. The van der Waals surface area contributed by atoms with Gasteiger partial charge in [-0.05, 0) is 56.3 Å². The van der Waals surface area contributed by atoms with Crippen LogP contribution in [0.4, 0.5) is 5.69 Å². The zero-order valence-corrected chi connectivity index (χ0v) is 17.9. The molecule has 1 aromatic heterocycles. The van der Waals surface area contributed by atoms with Gasteiger partial charge >= 0.3 is 0 Å². The SMILES string of the molecule is CCN(CC)c1ccc(C(=O)N=c2sc3cc(Cl)ccc3n2CCOC)cc1. The third-order valence-corrected chi connectivity index (χ3v) is 5.88. The minimum atomic E-state index is -0.255. The molecule has 0 unspecified atom stereocenters. The third-order valence-electron chi connectivity index (χ3n) is 4.60. The average molecular weight is 418 g/mol. The number of halogens is 1. The smallest absolute Gasteiger partial charge is 0.279 e. The molecule has 0 fully saturated rings. The lowest BCUT2D eigenvalue weighted by Crippen LogP contribution is -2.21. The van der Waals surface area contributed by atoms with E-state index >= 15 is 0 Å². The molecular formula is C21H24ClN3O2S. The molecule has 2 aromatic carbocycles. The number of amides is 1. The molecule has 0 bridgehead atoms. The molecule has 1 heterocycles. The normalized spacial score (nSPS) is 11.9. The highest BCUT2D eigenvalue weighted by Crippen LogP contribution is 2.22. The summed E-state index contributed by atoms with van der Waals surface area (Å²) in [6.07, 6.45) is 0. The van der Waals surface area contributed by atoms with Gasteiger partial charge in [-0.3, -0.25) is 4.79 Å². The number of thiazole rings is 1. The highest BCUT2D eigenvalue weighted by molar-refractivity contribution is 7.16. The largest absolute Gasteiger partial charge is 0.383 e. The molecule has 3 aromatic rings. The van der Waals surface area contributed by atoms with E-state index in [1.807, 2.05) is 47.0 Å². The van der Waals surface area contributed by atoms with Gasteiger partial charge in [-0.1, -0.05) is 22.9 Å². The molecule has 5 nitrogen and oxygen atoms in total. The predicted octanol–water partition coefficient (Wildman–Crippen LogP) is 4.59. The van der Waals surface area contributed by atoms with E-state index in [9.17, 15) is 4.79 Å². The van der Waals surface area contributed by atoms with E-state index in [2.05, 4.69) is 23.7 Å². The van der Waals surface area contributed by atoms with E-state index in [0.29, 0.717) is 28.5 Å². The average Bonchev–Trinajstić information content (AvgIpc) is 3.03. The van der Waals surface area contributed by atoms with Crippen LogP contribution < -0.4 is 9.70 Å². The Balaban J connectivity index is 1.97. The molecular weight excluding hydrogens is 394 g/mol. The first-order valence-electron chi connectivity index (χ1n) is 9.29. The molecule has 0 radical (unpaired) electrons. The van der Waals surface area contributed by atoms with Crippen molar-refractivity contribution < 1.29 is 9.53 Å². The van der Waals surface area contributed by atoms with Crippen LogP contribution in [0.1, 0.15) is 24.2 Å². The van der Waals surface area contributed by atoms with Crippen molar-refractivity contribution in [2.24, 2.45) is 4.99 Å². The van der Waals surface area contributed by atoms with Crippen LogP contribution in [0.15, 0.2) is 47.5 Å². The number of ether oxygens (including phenoxy) is 1. The Bertz CT molecular complexity index is 1020. The second-order valence-corrected chi connectivity index (χ2v) is 7.72. The first-order chi connectivity index (χ1) is 13.6. The van der Waals surface area contributed by atoms with Crippen LogP contribution in [-0.4, -0.2) is 37.3 Å². The molecule has 7 heteroatoms. The number of hydrogen-bond donors (Lipinski definition) is 0. The van der Waals surface area contributed by atoms with Crippen molar-refractivity contribution in [3.05, 3.63) is 57.9 Å². The zero-order chi connectivity index (χ0) is 20.1. The van der Waals surface area contributed by atoms with Gasteiger partial charge in [0.05, 0.1) is 16.8 Å². The fourth-order valence-corrected chi connectivity index (χ4v) is 4.42. The number of methoxy groups -OCH3 is 1. The number of carbonyl (C=O) groups is 1. The Morgan fingerprint density at radius 2 is 1.89 bits per heavy atom. The molecule has 0 aliphatic rings. The minimum Gasteiger partial charge on any atom is -0.383 e. The topological polar surface area (TPSA) is 46.8 Å². The van der Waals surface area contributed by atoms with Gasteiger partial charge in [0, 0.05) is 43.0 Å². The summed E-state index contributed by atoms with van der Waals surface area (Å²) in [5.74, 6) is -0.255. The van der Waals surface area contributed by atoms with Gasteiger partial charge in [-0.25, -0.2) is 0 Å². The number of benzene rings is 2. The van der Waals surface area contributed by atoms with Crippen LogP contribution >= 0.6 is 22.9 Å². The van der Waals surface area contributed by atoms with Gasteiger partial charge in [-0.15, -0.1) is 0 Å². The van der Waals surface area contributed by atoms with Crippen molar-refractivity contribution in [1.29, 1.82) is 0 Å². The van der Waals surface area contributed by atoms with Crippen LogP contribution in [0.2, 0.25) is 5.02 Å². The fourth-order valence-electron chi connectivity index (χ4n) is 3.09. The quantitative estimate of drug-likeness (QED) is 0.564. The van der Waals surface area contributed by atoms with Gasteiger partial charge in [0.25, 0.3) is 5.91 Å². The first kappa shape index (κ1) is 20.6. The molecule has 0 aliphatic carbocycles. The van der Waals surface area contributed by atoms with Crippen molar-refractivity contribution >= 4 is 44.7 Å². The van der Waals surface area contributed by atoms with Crippen LogP contribution in [0.3, 0.4) is 0 Å². The van der Waals surface area contributed by atoms with E-state index in [1.165, 1.54) is 11.3 Å². The van der Waals surface area contributed by atoms with Gasteiger partial charge in [0.1, 0.15) is 0 Å². The molecule has 28 heavy (non-hydrogen) atoms. The van der Waals surface area contributed by atoms with Gasteiger partial charge < -0.3 is 14.2 Å². The second-order valence-electron chi connectivity index (χ2n) is 6.28. The lowest BCUT2D eigenvalue weighted by molar-refractivity contribution is 0.0997. The second kappa shape index (κ2) is 9.37. The maximum Gasteiger partial charge on any atom is 0.279 e. The standard InChI is InChI=1S/C21H24ClN3O2S/c1-4-24(5-2)17-9-6-15(7-10-17)20(26)23-21-25(12-13-27-3)18-11-8-16(22)14-19(18)28-21/h6-11,14H,4-5,12-13H2,1-3H3. The summed E-state index contributed by atoms with van der Waals surface area (Å²) in [7, 11) is 1.66. The van der Waals surface area contributed by atoms with E-state index in [0.717, 1.165) is 29.0 Å². The highest BCUT2D eigenvalue weighted by atomic mass is 35.5. The zero-order valence-electron chi connectivity index (χ0n) is 16.3. The summed E-state index contributed by atoms with van der Waals surface area (Å²) >= 11 is 7.58. The number of aromatic nitrogens is 1. The van der Waals surface area contributed by atoms with Crippen LogP contribution in [0.5, 0.6) is 0 Å². The third kappa shape index (κ3) is 4.46. The number of rotatable bonds is 7. The minimum absolute atomic E-state index is 0.255. The van der Waals surface area contributed by atoms with Gasteiger partial charge in [0.15, 0.2) is 4.80 Å². The number of carbonyl (C=O) groups excluding carboxylic acids is 1. The van der Waals surface area contributed by atoms with Crippen LogP contribution in [0.25, 0.3) is 10.2 Å². The van der Waals surface area contributed by atoms with Gasteiger partial charge in [0.2, 0.25) is 0 Å². The number of nitrogens with zero attached hydrogens (tertiary/aromatic N) is 3. The Kier molecular flexibility index (Phi) is 6.88. The number of fused-ring (bicyclic) bond motifs is 1. The summed E-state index contributed by atoms with van der Waals surface area (Å²) in [5.41, 5.74) is 2.67. The summed E-state index contributed by atoms with van der Waals surface area (Å²) in [5, 5.41) is 0.664. The van der Waals surface area contributed by atoms with Crippen molar-refractivity contribution in [3.63, 3.8) is 0 Å². The summed E-state index contributed by atoms with van der Waals surface area (Å²) < 4.78 is 8.21. The highest BCUT2D eigenvalue weighted by Gasteiger charge is 2.10. The van der Waals surface area contributed by atoms with Crippen molar-refractivity contribution in [2.45, 2.75) is 20.4 Å². The van der Waals surface area contributed by atoms with Gasteiger partial charge in [-0.2, -0.15) is 4.99 Å². The predicted molar refractivity (Wildman–Crippen MR) is 117 cm³/mol. The molecule has 148 valence electrons. The maximum absolute atomic E-state index is 12.8. The van der Waals surface area contributed by atoms with E-state index in [4.69, 9.17) is 16.3 Å². The van der Waals surface area contributed by atoms with Crippen molar-refractivity contribution in [3.8, 4) is 0 Å². The van der Waals surface area contributed by atoms with E-state index < -0.39 is 0 Å². The van der Waals surface area contributed by atoms with E-state index in [-0.39, 0.29) is 5.91 Å². The molecule has 0 aliphatic heterocycles. The molecule has 0 spiro atoms. The Morgan fingerprint density at radius 3 is 2.54 bits per heavy atom. The summed E-state index contributed by atoms with van der Waals surface area (Å²) in [6.45, 7) is 7.24. The molecule has 3 rings (SSSR count). The van der Waals surface area contributed by atoms with Crippen LogP contribution in [0, 0.1) is 0 Å². The Morgan fingerprint density at radius 1 is 1.18 bits per heavy atom. The lowest BCUT2D eigenvalue weighted by atomic mass is 10.2. The summed E-state index contributed by atoms with van der Waals surface area (Å²) in [4.78, 5) is 20.0. The van der Waals surface area contributed by atoms with Crippen molar-refractivity contribution in [1.82, 2.24) is 4.57 Å². The molecule has 1 amide bonds. The first-order valence-corrected chi connectivity index (χ1v) is 10.5.